The summed E-state index contributed by atoms with van der Waals surface area (Å²) in [6, 6.07) is 8.34. The highest BCUT2D eigenvalue weighted by molar-refractivity contribution is 5.99. The summed E-state index contributed by atoms with van der Waals surface area (Å²) in [4.78, 5) is 4.45. The molecule has 0 bridgehead atoms. The smallest absolute Gasteiger partial charge is 0.128 e. The van der Waals surface area contributed by atoms with Gasteiger partial charge in [-0.05, 0) is 12.0 Å². The Balaban J connectivity index is 2.12. The molecule has 1 aliphatic heterocycles. The van der Waals surface area contributed by atoms with Crippen molar-refractivity contribution in [2.75, 3.05) is 20.2 Å². The van der Waals surface area contributed by atoms with E-state index in [0.717, 1.165) is 30.9 Å². The number of methoxy groups -OCH3 is 1. The molecule has 0 radical (unpaired) electrons. The molecule has 2 rings (SSSR count). The van der Waals surface area contributed by atoms with Crippen LogP contribution in [0.4, 0.5) is 0 Å². The Hall–Kier alpha value is -1.35. The number of benzene rings is 1. The molecule has 0 atom stereocenters. The zero-order valence-electron chi connectivity index (χ0n) is 8.99. The van der Waals surface area contributed by atoms with Gasteiger partial charge in [0, 0.05) is 25.8 Å². The van der Waals surface area contributed by atoms with Crippen LogP contribution >= 0.6 is 0 Å². The van der Waals surface area contributed by atoms with E-state index in [9.17, 15) is 0 Å². The van der Waals surface area contributed by atoms with Gasteiger partial charge in [-0.25, -0.2) is 0 Å². The van der Waals surface area contributed by atoms with E-state index < -0.39 is 0 Å². The highest BCUT2D eigenvalue weighted by Gasteiger charge is 2.06. The van der Waals surface area contributed by atoms with Crippen molar-refractivity contribution in [2.24, 2.45) is 4.99 Å². The number of hydrogen-bond donors (Lipinski definition) is 1. The molecule has 1 aromatic carbocycles. The Morgan fingerprint density at radius 3 is 2.73 bits per heavy atom. The zero-order chi connectivity index (χ0) is 10.5. The van der Waals surface area contributed by atoms with Crippen LogP contribution in [0.5, 0.6) is 0 Å². The van der Waals surface area contributed by atoms with Gasteiger partial charge in [0.1, 0.15) is 5.84 Å². The Labute approximate surface area is 90.2 Å². The minimum atomic E-state index is 0.667. The van der Waals surface area contributed by atoms with Gasteiger partial charge in [0.25, 0.3) is 0 Å². The first-order chi connectivity index (χ1) is 7.40. The van der Waals surface area contributed by atoms with Gasteiger partial charge in [-0.3, -0.25) is 4.99 Å². The molecular formula is C12H16N2O. The van der Waals surface area contributed by atoms with Gasteiger partial charge in [-0.2, -0.15) is 0 Å². The highest BCUT2D eigenvalue weighted by atomic mass is 16.5. The summed E-state index contributed by atoms with van der Waals surface area (Å²) in [5.74, 6) is 1.02. The van der Waals surface area contributed by atoms with Crippen molar-refractivity contribution in [3.63, 3.8) is 0 Å². The highest BCUT2D eigenvalue weighted by Crippen LogP contribution is 2.07. The molecule has 0 saturated carbocycles. The van der Waals surface area contributed by atoms with Crippen LogP contribution in [0.2, 0.25) is 0 Å². The minimum Gasteiger partial charge on any atom is -0.380 e. The predicted octanol–water partition coefficient (Wildman–Crippen LogP) is 1.57. The molecule has 0 aliphatic carbocycles. The van der Waals surface area contributed by atoms with Crippen LogP contribution in [-0.2, 0) is 11.3 Å². The van der Waals surface area contributed by atoms with Gasteiger partial charge < -0.3 is 10.1 Å². The van der Waals surface area contributed by atoms with Crippen molar-refractivity contribution in [3.05, 3.63) is 35.4 Å². The van der Waals surface area contributed by atoms with Crippen LogP contribution in [0.1, 0.15) is 17.5 Å². The SMILES string of the molecule is COCc1ccc(C2=NCCCN2)cc1. The second-order valence-electron chi connectivity index (χ2n) is 3.64. The molecule has 15 heavy (non-hydrogen) atoms. The molecule has 1 aliphatic rings. The molecule has 3 heteroatoms. The van der Waals surface area contributed by atoms with E-state index in [0.29, 0.717) is 6.61 Å². The first-order valence-electron chi connectivity index (χ1n) is 5.27. The van der Waals surface area contributed by atoms with Crippen LogP contribution < -0.4 is 5.32 Å². The second kappa shape index (κ2) is 4.94. The maximum Gasteiger partial charge on any atom is 0.128 e. The normalized spacial score (nSPS) is 15.7. The number of nitrogens with zero attached hydrogens (tertiary/aromatic N) is 1. The average Bonchev–Trinajstić information content (AvgIpc) is 2.32. The molecule has 0 saturated heterocycles. The molecule has 1 N–H and O–H groups in total. The molecule has 1 aromatic rings. The Morgan fingerprint density at radius 2 is 2.13 bits per heavy atom. The molecule has 0 unspecified atom stereocenters. The number of nitrogens with one attached hydrogen (secondary N) is 1. The lowest BCUT2D eigenvalue weighted by atomic mass is 10.1. The standard InChI is InChI=1S/C12H16N2O/c1-15-9-10-3-5-11(6-4-10)12-13-7-2-8-14-12/h3-6H,2,7-9H2,1H3,(H,13,14). The van der Waals surface area contributed by atoms with Crippen LogP contribution in [-0.4, -0.2) is 26.0 Å². The van der Waals surface area contributed by atoms with E-state index in [1.54, 1.807) is 7.11 Å². The topological polar surface area (TPSA) is 33.6 Å². The number of amidine groups is 1. The van der Waals surface area contributed by atoms with Gasteiger partial charge in [-0.1, -0.05) is 24.3 Å². The Kier molecular flexibility index (Phi) is 3.35. The van der Waals surface area contributed by atoms with Crippen molar-refractivity contribution in [3.8, 4) is 0 Å². The van der Waals surface area contributed by atoms with Crippen LogP contribution in [0.15, 0.2) is 29.3 Å². The van der Waals surface area contributed by atoms with Crippen molar-refractivity contribution in [1.82, 2.24) is 5.32 Å². The fourth-order valence-corrected chi connectivity index (χ4v) is 1.65. The van der Waals surface area contributed by atoms with Gasteiger partial charge >= 0.3 is 0 Å². The lowest BCUT2D eigenvalue weighted by Crippen LogP contribution is -2.30. The van der Waals surface area contributed by atoms with E-state index in [-0.39, 0.29) is 0 Å². The molecule has 80 valence electrons. The molecule has 3 nitrogen and oxygen atoms in total. The quantitative estimate of drug-likeness (QED) is 0.811. The summed E-state index contributed by atoms with van der Waals surface area (Å²) < 4.78 is 5.07. The van der Waals surface area contributed by atoms with Gasteiger partial charge in [0.2, 0.25) is 0 Å². The van der Waals surface area contributed by atoms with Crippen molar-refractivity contribution < 1.29 is 4.74 Å². The summed E-state index contributed by atoms with van der Waals surface area (Å²) in [5.41, 5.74) is 2.35. The summed E-state index contributed by atoms with van der Waals surface area (Å²) in [6.45, 7) is 2.63. The molecule has 1 heterocycles. The molecular weight excluding hydrogens is 188 g/mol. The van der Waals surface area contributed by atoms with Crippen LogP contribution in [0.3, 0.4) is 0 Å². The number of aliphatic imine (C=N–C) groups is 1. The predicted molar refractivity (Wildman–Crippen MR) is 61.2 cm³/mol. The lowest BCUT2D eigenvalue weighted by Gasteiger charge is -2.14. The maximum absolute atomic E-state index is 5.07. The fourth-order valence-electron chi connectivity index (χ4n) is 1.65. The molecule has 0 amide bonds. The van der Waals surface area contributed by atoms with E-state index in [1.165, 1.54) is 5.56 Å². The van der Waals surface area contributed by atoms with Gasteiger partial charge in [0.15, 0.2) is 0 Å². The van der Waals surface area contributed by atoms with Gasteiger partial charge in [-0.15, -0.1) is 0 Å². The van der Waals surface area contributed by atoms with Crippen molar-refractivity contribution in [1.29, 1.82) is 0 Å². The van der Waals surface area contributed by atoms with Crippen LogP contribution in [0, 0.1) is 0 Å². The number of rotatable bonds is 3. The van der Waals surface area contributed by atoms with Gasteiger partial charge in [0.05, 0.1) is 6.61 Å². The van der Waals surface area contributed by atoms with E-state index in [4.69, 9.17) is 4.74 Å². The number of ether oxygens (including phenoxy) is 1. The molecule has 0 spiro atoms. The minimum absolute atomic E-state index is 0.667. The van der Waals surface area contributed by atoms with E-state index >= 15 is 0 Å². The summed E-state index contributed by atoms with van der Waals surface area (Å²) >= 11 is 0. The fraction of sp³-hybridized carbons (Fsp3) is 0.417. The number of hydrogen-bond acceptors (Lipinski definition) is 3. The van der Waals surface area contributed by atoms with Crippen LogP contribution in [0.25, 0.3) is 0 Å². The third kappa shape index (κ3) is 2.57. The van der Waals surface area contributed by atoms with Crippen molar-refractivity contribution in [2.45, 2.75) is 13.0 Å². The lowest BCUT2D eigenvalue weighted by molar-refractivity contribution is 0.185. The third-order valence-corrected chi connectivity index (χ3v) is 2.44. The maximum atomic E-state index is 5.07. The summed E-state index contributed by atoms with van der Waals surface area (Å²) in [6.07, 6.45) is 1.13. The second-order valence-corrected chi connectivity index (χ2v) is 3.64. The molecule has 0 aromatic heterocycles. The average molecular weight is 204 g/mol. The summed E-state index contributed by atoms with van der Waals surface area (Å²) in [5, 5.41) is 3.31. The largest absolute Gasteiger partial charge is 0.380 e. The third-order valence-electron chi connectivity index (χ3n) is 2.44. The Morgan fingerprint density at radius 1 is 1.33 bits per heavy atom. The van der Waals surface area contributed by atoms with E-state index in [2.05, 4.69) is 34.6 Å². The first-order valence-corrected chi connectivity index (χ1v) is 5.27. The zero-order valence-corrected chi connectivity index (χ0v) is 8.99. The Bertz CT molecular complexity index is 343. The monoisotopic (exact) mass is 204 g/mol. The van der Waals surface area contributed by atoms with E-state index in [1.807, 2.05) is 0 Å². The van der Waals surface area contributed by atoms with Crippen molar-refractivity contribution >= 4 is 5.84 Å². The first kappa shape index (κ1) is 10.2. The molecule has 0 fully saturated rings. The summed E-state index contributed by atoms with van der Waals surface area (Å²) in [7, 11) is 1.71.